The molecular formula is C23H30N2O4. The van der Waals surface area contributed by atoms with Crippen LogP contribution in [0.4, 0.5) is 0 Å². The van der Waals surface area contributed by atoms with Gasteiger partial charge in [0.1, 0.15) is 17.2 Å². The second-order valence-electron chi connectivity index (χ2n) is 7.16. The van der Waals surface area contributed by atoms with Crippen LogP contribution in [-0.2, 0) is 11.2 Å². The molecule has 6 heteroatoms. The first-order chi connectivity index (χ1) is 14.2. The molecule has 1 amide bonds. The molecule has 0 aromatic heterocycles. The molecule has 1 heterocycles. The van der Waals surface area contributed by atoms with E-state index in [0.717, 1.165) is 30.0 Å². The number of amides is 1. The van der Waals surface area contributed by atoms with Crippen LogP contribution in [0.3, 0.4) is 0 Å². The van der Waals surface area contributed by atoms with Crippen molar-refractivity contribution in [2.24, 2.45) is 0 Å². The summed E-state index contributed by atoms with van der Waals surface area (Å²) in [5.41, 5.74) is 1.91. The van der Waals surface area contributed by atoms with Crippen LogP contribution in [0, 0.1) is 0 Å². The number of para-hydroxylation sites is 1. The summed E-state index contributed by atoms with van der Waals surface area (Å²) in [6.45, 7) is 2.59. The zero-order chi connectivity index (χ0) is 20.6. The Morgan fingerprint density at radius 2 is 1.72 bits per heavy atom. The van der Waals surface area contributed by atoms with E-state index in [4.69, 9.17) is 14.2 Å². The van der Waals surface area contributed by atoms with Crippen LogP contribution in [-0.4, -0.2) is 51.8 Å². The quantitative estimate of drug-likeness (QED) is 0.703. The number of carbonyl (C=O) groups is 1. The van der Waals surface area contributed by atoms with Crippen molar-refractivity contribution in [2.75, 3.05) is 41.0 Å². The summed E-state index contributed by atoms with van der Waals surface area (Å²) in [5.74, 6) is 2.20. The van der Waals surface area contributed by atoms with Gasteiger partial charge in [-0.1, -0.05) is 18.2 Å². The number of hydrogen-bond acceptors (Lipinski definition) is 5. The maximum absolute atomic E-state index is 12.7. The molecule has 1 aliphatic rings. The van der Waals surface area contributed by atoms with E-state index >= 15 is 0 Å². The molecule has 0 aliphatic carbocycles. The van der Waals surface area contributed by atoms with Crippen molar-refractivity contribution in [1.29, 1.82) is 0 Å². The van der Waals surface area contributed by atoms with Gasteiger partial charge in [0, 0.05) is 17.7 Å². The van der Waals surface area contributed by atoms with Gasteiger partial charge in [0.25, 0.3) is 0 Å². The number of ether oxygens (including phenoxy) is 3. The monoisotopic (exact) mass is 398 g/mol. The van der Waals surface area contributed by atoms with Gasteiger partial charge in [-0.25, -0.2) is 0 Å². The highest BCUT2D eigenvalue weighted by Crippen LogP contribution is 2.31. The molecule has 0 spiro atoms. The van der Waals surface area contributed by atoms with E-state index < -0.39 is 0 Å². The standard InChI is InChI=1S/C23H30N2O4/c1-27-18-10-11-21(28-2)17(14-18)15-23(26)24-16-20(25-12-6-7-13-25)19-8-4-5-9-22(19)29-3/h4-5,8-11,14,20H,6-7,12-13,15-16H2,1-3H3,(H,24,26). The highest BCUT2D eigenvalue weighted by Gasteiger charge is 2.26. The molecule has 156 valence electrons. The number of nitrogens with zero attached hydrogens (tertiary/aromatic N) is 1. The highest BCUT2D eigenvalue weighted by molar-refractivity contribution is 5.79. The topological polar surface area (TPSA) is 60.0 Å². The van der Waals surface area contributed by atoms with Gasteiger partial charge in [0.2, 0.25) is 5.91 Å². The summed E-state index contributed by atoms with van der Waals surface area (Å²) < 4.78 is 16.2. The SMILES string of the molecule is COc1ccc(OC)c(CC(=O)NCC(c2ccccc2OC)N2CCCC2)c1. The lowest BCUT2D eigenvalue weighted by atomic mass is 10.0. The molecule has 29 heavy (non-hydrogen) atoms. The molecule has 0 saturated carbocycles. The molecule has 3 rings (SSSR count). The first kappa shape index (κ1) is 21.0. The third kappa shape index (κ3) is 5.21. The third-order valence-electron chi connectivity index (χ3n) is 5.41. The lowest BCUT2D eigenvalue weighted by molar-refractivity contribution is -0.120. The number of rotatable bonds is 9. The molecule has 1 atom stereocenters. The van der Waals surface area contributed by atoms with E-state index in [1.54, 1.807) is 21.3 Å². The van der Waals surface area contributed by atoms with Gasteiger partial charge in [0.15, 0.2) is 0 Å². The van der Waals surface area contributed by atoms with E-state index in [1.165, 1.54) is 12.8 Å². The van der Waals surface area contributed by atoms with Crippen molar-refractivity contribution < 1.29 is 19.0 Å². The second kappa shape index (κ2) is 10.2. The predicted octanol–water partition coefficient (Wildman–Crippen LogP) is 3.21. The van der Waals surface area contributed by atoms with Gasteiger partial charge < -0.3 is 19.5 Å². The van der Waals surface area contributed by atoms with E-state index in [-0.39, 0.29) is 18.4 Å². The van der Waals surface area contributed by atoms with Crippen LogP contribution >= 0.6 is 0 Å². The first-order valence-corrected chi connectivity index (χ1v) is 10.0. The minimum Gasteiger partial charge on any atom is -0.497 e. The zero-order valence-electron chi connectivity index (χ0n) is 17.4. The van der Waals surface area contributed by atoms with Crippen LogP contribution < -0.4 is 19.5 Å². The molecule has 1 fully saturated rings. The normalized spacial score (nSPS) is 15.0. The van der Waals surface area contributed by atoms with Gasteiger partial charge in [-0.15, -0.1) is 0 Å². The Labute approximate surface area is 172 Å². The molecule has 1 aliphatic heterocycles. The Hall–Kier alpha value is -2.73. The minimum absolute atomic E-state index is 0.0457. The molecular weight excluding hydrogens is 368 g/mol. The Bertz CT molecular complexity index is 818. The summed E-state index contributed by atoms with van der Waals surface area (Å²) in [5, 5.41) is 3.11. The number of carbonyl (C=O) groups excluding carboxylic acids is 1. The fraction of sp³-hybridized carbons (Fsp3) is 0.435. The zero-order valence-corrected chi connectivity index (χ0v) is 17.4. The van der Waals surface area contributed by atoms with Gasteiger partial charge >= 0.3 is 0 Å². The fourth-order valence-electron chi connectivity index (χ4n) is 3.90. The summed E-state index contributed by atoms with van der Waals surface area (Å²) >= 11 is 0. The summed E-state index contributed by atoms with van der Waals surface area (Å²) in [6, 6.07) is 13.6. The van der Waals surface area contributed by atoms with Crippen molar-refractivity contribution in [3.8, 4) is 17.2 Å². The fourth-order valence-corrected chi connectivity index (χ4v) is 3.90. The number of likely N-dealkylation sites (tertiary alicyclic amines) is 1. The molecule has 1 N–H and O–H groups in total. The van der Waals surface area contributed by atoms with Crippen molar-refractivity contribution in [3.63, 3.8) is 0 Å². The summed E-state index contributed by atoms with van der Waals surface area (Å²) in [7, 11) is 4.90. The summed E-state index contributed by atoms with van der Waals surface area (Å²) in [4.78, 5) is 15.1. The number of nitrogens with one attached hydrogen (secondary N) is 1. The minimum atomic E-state index is -0.0457. The molecule has 0 radical (unpaired) electrons. The van der Waals surface area contributed by atoms with Crippen molar-refractivity contribution in [2.45, 2.75) is 25.3 Å². The Morgan fingerprint density at radius 3 is 2.41 bits per heavy atom. The van der Waals surface area contributed by atoms with E-state index in [9.17, 15) is 4.79 Å². The van der Waals surface area contributed by atoms with Gasteiger partial charge in [-0.2, -0.15) is 0 Å². The van der Waals surface area contributed by atoms with Crippen LogP contribution in [0.5, 0.6) is 17.2 Å². The summed E-state index contributed by atoms with van der Waals surface area (Å²) in [6.07, 6.45) is 2.60. The largest absolute Gasteiger partial charge is 0.497 e. The Balaban J connectivity index is 1.72. The highest BCUT2D eigenvalue weighted by atomic mass is 16.5. The first-order valence-electron chi connectivity index (χ1n) is 10.0. The number of methoxy groups -OCH3 is 3. The van der Waals surface area contributed by atoms with Crippen LogP contribution in [0.15, 0.2) is 42.5 Å². The number of hydrogen-bond donors (Lipinski definition) is 1. The van der Waals surface area contributed by atoms with Crippen molar-refractivity contribution in [1.82, 2.24) is 10.2 Å². The maximum Gasteiger partial charge on any atom is 0.224 e. The molecule has 1 unspecified atom stereocenters. The van der Waals surface area contributed by atoms with Crippen LogP contribution in [0.1, 0.15) is 30.0 Å². The van der Waals surface area contributed by atoms with Crippen LogP contribution in [0.25, 0.3) is 0 Å². The van der Waals surface area contributed by atoms with Gasteiger partial charge in [-0.3, -0.25) is 9.69 Å². The third-order valence-corrected chi connectivity index (χ3v) is 5.41. The Kier molecular flexibility index (Phi) is 7.36. The lowest BCUT2D eigenvalue weighted by Crippen LogP contribution is -2.37. The van der Waals surface area contributed by atoms with Gasteiger partial charge in [-0.05, 0) is 50.2 Å². The van der Waals surface area contributed by atoms with Crippen molar-refractivity contribution in [3.05, 3.63) is 53.6 Å². The molecule has 2 aromatic rings. The van der Waals surface area contributed by atoms with E-state index in [1.807, 2.05) is 36.4 Å². The number of benzene rings is 2. The lowest BCUT2D eigenvalue weighted by Gasteiger charge is -2.29. The second-order valence-corrected chi connectivity index (χ2v) is 7.16. The maximum atomic E-state index is 12.7. The average Bonchev–Trinajstić information content (AvgIpc) is 3.28. The van der Waals surface area contributed by atoms with Crippen LogP contribution in [0.2, 0.25) is 0 Å². The molecule has 6 nitrogen and oxygen atoms in total. The molecule has 0 bridgehead atoms. The van der Waals surface area contributed by atoms with E-state index in [2.05, 4.69) is 16.3 Å². The average molecular weight is 399 g/mol. The smallest absolute Gasteiger partial charge is 0.224 e. The van der Waals surface area contributed by atoms with Crippen molar-refractivity contribution >= 4 is 5.91 Å². The Morgan fingerprint density at radius 1 is 1.00 bits per heavy atom. The van der Waals surface area contributed by atoms with E-state index in [0.29, 0.717) is 18.0 Å². The molecule has 1 saturated heterocycles. The predicted molar refractivity (Wildman–Crippen MR) is 113 cm³/mol. The van der Waals surface area contributed by atoms with Gasteiger partial charge in [0.05, 0.1) is 33.8 Å². The molecule has 2 aromatic carbocycles.